The van der Waals surface area contributed by atoms with Crippen molar-refractivity contribution in [3.63, 3.8) is 0 Å². The summed E-state index contributed by atoms with van der Waals surface area (Å²) in [6.07, 6.45) is 7.86. The second-order valence-corrected chi connectivity index (χ2v) is 6.70. The van der Waals surface area contributed by atoms with E-state index in [9.17, 15) is 4.79 Å². The van der Waals surface area contributed by atoms with Crippen molar-refractivity contribution in [2.75, 3.05) is 18.4 Å². The van der Waals surface area contributed by atoms with Gasteiger partial charge in [-0.3, -0.25) is 4.79 Å². The summed E-state index contributed by atoms with van der Waals surface area (Å²) in [5.41, 5.74) is 0.264. The molecule has 1 unspecified atom stereocenters. The predicted molar refractivity (Wildman–Crippen MR) is 85.6 cm³/mol. The summed E-state index contributed by atoms with van der Waals surface area (Å²) in [7, 11) is 0. The first-order valence-electron chi connectivity index (χ1n) is 7.94. The highest BCUT2D eigenvalue weighted by molar-refractivity contribution is 9.09. The minimum Gasteiger partial charge on any atom is -0.342 e. The zero-order valence-electron chi connectivity index (χ0n) is 12.9. The molecule has 0 radical (unpaired) electrons. The summed E-state index contributed by atoms with van der Waals surface area (Å²) in [6.45, 7) is 8.63. The summed E-state index contributed by atoms with van der Waals surface area (Å²) in [5, 5.41) is 0.995. The van der Waals surface area contributed by atoms with Crippen molar-refractivity contribution in [1.29, 1.82) is 0 Å². The number of rotatable bonds is 7. The Bertz CT molecular complexity index is 268. The van der Waals surface area contributed by atoms with E-state index in [-0.39, 0.29) is 5.41 Å². The molecule has 3 heteroatoms. The van der Waals surface area contributed by atoms with Crippen LogP contribution in [-0.4, -0.2) is 29.2 Å². The molecule has 0 aromatic rings. The number of halogens is 1. The molecule has 1 rings (SSSR count). The van der Waals surface area contributed by atoms with Crippen LogP contribution in [-0.2, 0) is 4.79 Å². The zero-order valence-corrected chi connectivity index (χ0v) is 14.5. The number of carbonyl (C=O) groups excluding carboxylic acids is 1. The fourth-order valence-electron chi connectivity index (χ4n) is 3.07. The molecule has 0 saturated carbocycles. The summed E-state index contributed by atoms with van der Waals surface area (Å²) in [4.78, 5) is 14.4. The number of amides is 1. The largest absolute Gasteiger partial charge is 0.342 e. The molecule has 1 fully saturated rings. The molecular formula is C16H30BrNO. The minimum atomic E-state index is 0.264. The third-order valence-electron chi connectivity index (χ3n) is 4.93. The molecule has 1 amide bonds. The third-order valence-corrected chi connectivity index (χ3v) is 6.12. The fraction of sp³-hybridized carbons (Fsp3) is 0.938. The van der Waals surface area contributed by atoms with Crippen LogP contribution in [0.2, 0.25) is 0 Å². The Morgan fingerprint density at radius 3 is 2.47 bits per heavy atom. The van der Waals surface area contributed by atoms with E-state index in [4.69, 9.17) is 0 Å². The standard InChI is InChI=1S/C16H30BrNO/c1-4-7-14-8-9-15(19)18(11-10-14)13-16(5-2,6-3)12-17/h14H,4-13H2,1-3H3. The highest BCUT2D eigenvalue weighted by atomic mass is 79.9. The number of carbonyl (C=O) groups is 1. The maximum absolute atomic E-state index is 12.3. The molecule has 19 heavy (non-hydrogen) atoms. The van der Waals surface area contributed by atoms with Crippen molar-refractivity contribution in [3.05, 3.63) is 0 Å². The normalized spacial score (nSPS) is 21.6. The molecule has 1 aliphatic rings. The van der Waals surface area contributed by atoms with E-state index in [1.807, 2.05) is 0 Å². The summed E-state index contributed by atoms with van der Waals surface area (Å²) < 4.78 is 0. The average Bonchev–Trinajstić information content (AvgIpc) is 2.60. The molecule has 0 N–H and O–H groups in total. The second-order valence-electron chi connectivity index (χ2n) is 6.14. The monoisotopic (exact) mass is 331 g/mol. The van der Waals surface area contributed by atoms with Gasteiger partial charge in [0.2, 0.25) is 5.91 Å². The molecule has 0 bridgehead atoms. The number of likely N-dealkylation sites (tertiary alicyclic amines) is 1. The highest BCUT2D eigenvalue weighted by Crippen LogP contribution is 2.32. The van der Waals surface area contributed by atoms with E-state index in [1.165, 1.54) is 19.3 Å². The van der Waals surface area contributed by atoms with Crippen LogP contribution in [0, 0.1) is 11.3 Å². The van der Waals surface area contributed by atoms with Crippen LogP contribution >= 0.6 is 15.9 Å². The quantitative estimate of drug-likeness (QED) is 0.623. The Hall–Kier alpha value is -0.0500. The van der Waals surface area contributed by atoms with Crippen molar-refractivity contribution in [2.45, 2.75) is 65.7 Å². The molecule has 1 heterocycles. The smallest absolute Gasteiger partial charge is 0.222 e. The lowest BCUT2D eigenvalue weighted by Crippen LogP contribution is -2.41. The predicted octanol–water partition coefficient (Wildman–Crippen LogP) is 4.62. The van der Waals surface area contributed by atoms with Gasteiger partial charge >= 0.3 is 0 Å². The number of alkyl halides is 1. The first-order chi connectivity index (χ1) is 9.10. The van der Waals surface area contributed by atoms with Crippen LogP contribution in [0.15, 0.2) is 0 Å². The SMILES string of the molecule is CCCC1CCC(=O)N(CC(CC)(CC)CBr)CC1. The van der Waals surface area contributed by atoms with Gasteiger partial charge in [0.05, 0.1) is 0 Å². The summed E-state index contributed by atoms with van der Waals surface area (Å²) in [5.74, 6) is 1.14. The van der Waals surface area contributed by atoms with Crippen LogP contribution in [0.3, 0.4) is 0 Å². The summed E-state index contributed by atoms with van der Waals surface area (Å²) in [6, 6.07) is 0. The van der Waals surface area contributed by atoms with E-state index < -0.39 is 0 Å². The van der Waals surface area contributed by atoms with Crippen molar-refractivity contribution in [1.82, 2.24) is 4.90 Å². The molecule has 0 aromatic carbocycles. The van der Waals surface area contributed by atoms with Gasteiger partial charge in [0, 0.05) is 24.8 Å². The lowest BCUT2D eigenvalue weighted by atomic mass is 9.84. The molecular weight excluding hydrogens is 302 g/mol. The molecule has 2 nitrogen and oxygen atoms in total. The van der Waals surface area contributed by atoms with Crippen molar-refractivity contribution in [3.8, 4) is 0 Å². The van der Waals surface area contributed by atoms with E-state index in [0.29, 0.717) is 5.91 Å². The molecule has 1 saturated heterocycles. The maximum Gasteiger partial charge on any atom is 0.222 e. The second kappa shape index (κ2) is 8.28. The van der Waals surface area contributed by atoms with E-state index in [0.717, 1.165) is 50.0 Å². The molecule has 1 atom stereocenters. The van der Waals surface area contributed by atoms with Gasteiger partial charge in [-0.2, -0.15) is 0 Å². The van der Waals surface area contributed by atoms with Gasteiger partial charge in [0.1, 0.15) is 0 Å². The molecule has 1 aliphatic heterocycles. The maximum atomic E-state index is 12.3. The van der Waals surface area contributed by atoms with Crippen molar-refractivity contribution in [2.24, 2.45) is 11.3 Å². The zero-order chi connectivity index (χ0) is 14.3. The van der Waals surface area contributed by atoms with Gasteiger partial charge in [-0.05, 0) is 37.0 Å². The van der Waals surface area contributed by atoms with Crippen LogP contribution in [0.25, 0.3) is 0 Å². The van der Waals surface area contributed by atoms with Gasteiger partial charge in [0.15, 0.2) is 0 Å². The van der Waals surface area contributed by atoms with Gasteiger partial charge in [0.25, 0.3) is 0 Å². The number of nitrogens with zero attached hydrogens (tertiary/aromatic N) is 1. The first kappa shape index (κ1) is 17.0. The third kappa shape index (κ3) is 4.77. The van der Waals surface area contributed by atoms with Gasteiger partial charge in [-0.15, -0.1) is 0 Å². The van der Waals surface area contributed by atoms with E-state index in [2.05, 4.69) is 41.6 Å². The van der Waals surface area contributed by atoms with E-state index in [1.54, 1.807) is 0 Å². The fourth-order valence-corrected chi connectivity index (χ4v) is 4.04. The van der Waals surface area contributed by atoms with Crippen molar-refractivity contribution < 1.29 is 4.79 Å². The van der Waals surface area contributed by atoms with Gasteiger partial charge < -0.3 is 4.90 Å². The Labute approximate surface area is 127 Å². The van der Waals surface area contributed by atoms with Crippen molar-refractivity contribution >= 4 is 21.8 Å². The van der Waals surface area contributed by atoms with Crippen LogP contribution in [0.5, 0.6) is 0 Å². The van der Waals surface area contributed by atoms with Crippen LogP contribution in [0.4, 0.5) is 0 Å². The Morgan fingerprint density at radius 2 is 1.95 bits per heavy atom. The first-order valence-corrected chi connectivity index (χ1v) is 9.06. The lowest BCUT2D eigenvalue weighted by Gasteiger charge is -2.35. The molecule has 0 spiro atoms. The number of hydrogen-bond donors (Lipinski definition) is 0. The Morgan fingerprint density at radius 1 is 1.26 bits per heavy atom. The van der Waals surface area contributed by atoms with Gasteiger partial charge in [-0.1, -0.05) is 49.5 Å². The Kier molecular flexibility index (Phi) is 7.41. The van der Waals surface area contributed by atoms with Crippen LogP contribution in [0.1, 0.15) is 65.7 Å². The average molecular weight is 332 g/mol. The minimum absolute atomic E-state index is 0.264. The van der Waals surface area contributed by atoms with E-state index >= 15 is 0 Å². The topological polar surface area (TPSA) is 20.3 Å². The van der Waals surface area contributed by atoms with Gasteiger partial charge in [-0.25, -0.2) is 0 Å². The number of hydrogen-bond acceptors (Lipinski definition) is 1. The highest BCUT2D eigenvalue weighted by Gasteiger charge is 2.31. The molecule has 0 aromatic heterocycles. The molecule has 0 aliphatic carbocycles. The Balaban J connectivity index is 2.64. The molecule has 112 valence electrons. The summed E-state index contributed by atoms with van der Waals surface area (Å²) >= 11 is 3.66. The lowest BCUT2D eigenvalue weighted by molar-refractivity contribution is -0.132. The van der Waals surface area contributed by atoms with Crippen LogP contribution < -0.4 is 0 Å².